The van der Waals surface area contributed by atoms with Crippen LogP contribution >= 0.6 is 0 Å². The van der Waals surface area contributed by atoms with Crippen LogP contribution in [0.3, 0.4) is 0 Å². The van der Waals surface area contributed by atoms with Gasteiger partial charge in [-0.2, -0.15) is 0 Å². The Morgan fingerprint density at radius 1 is 0.974 bits per heavy atom. The van der Waals surface area contributed by atoms with Crippen molar-refractivity contribution in [1.29, 1.82) is 0 Å². The van der Waals surface area contributed by atoms with Crippen LogP contribution in [0, 0.1) is 18.8 Å². The summed E-state index contributed by atoms with van der Waals surface area (Å²) in [6, 6.07) is 17.7. The number of nitrogens with two attached hydrogens (primary N) is 1. The molecule has 4 aromatic rings. The van der Waals surface area contributed by atoms with Crippen molar-refractivity contribution in [3.63, 3.8) is 0 Å². The Labute approximate surface area is 230 Å². The number of hydrogen-bond donors (Lipinski definition) is 2. The fraction of sp³-hybridized carbons (Fsp3) is 0.355. The average molecular weight is 527 g/mol. The summed E-state index contributed by atoms with van der Waals surface area (Å²) in [4.78, 5) is 27.1. The molecule has 0 aliphatic carbocycles. The zero-order chi connectivity index (χ0) is 27.8. The molecule has 2 aromatic heterocycles. The normalized spacial score (nSPS) is 17.4. The van der Waals surface area contributed by atoms with Gasteiger partial charge in [0, 0.05) is 36.6 Å². The molecule has 1 aliphatic rings. The van der Waals surface area contributed by atoms with Crippen LogP contribution < -0.4 is 20.7 Å². The van der Waals surface area contributed by atoms with E-state index in [0.29, 0.717) is 11.5 Å². The lowest BCUT2D eigenvalue weighted by Gasteiger charge is -2.32. The maximum atomic E-state index is 12.0. The van der Waals surface area contributed by atoms with Crippen LogP contribution in [-0.4, -0.2) is 41.1 Å². The molecule has 204 valence electrons. The Hall–Kier alpha value is -4.20. The van der Waals surface area contributed by atoms with Gasteiger partial charge in [-0.15, -0.1) is 0 Å². The number of nitrogen functional groups attached to an aromatic ring is 1. The molecule has 2 aromatic carbocycles. The van der Waals surface area contributed by atoms with Crippen molar-refractivity contribution in [1.82, 2.24) is 15.0 Å². The Kier molecular flexibility index (Phi) is 9.31. The predicted octanol–water partition coefficient (Wildman–Crippen LogP) is 6.13. The lowest BCUT2D eigenvalue weighted by Crippen LogP contribution is -2.35. The zero-order valence-electron chi connectivity index (χ0n) is 23.2. The number of carbonyl (C=O) groups excluding carboxylic acids is 1. The first-order chi connectivity index (χ1) is 18.8. The van der Waals surface area contributed by atoms with Crippen molar-refractivity contribution < 1.29 is 9.53 Å². The highest BCUT2D eigenvalue weighted by Gasteiger charge is 2.19. The summed E-state index contributed by atoms with van der Waals surface area (Å²) in [5.41, 5.74) is 6.59. The second-order valence-corrected chi connectivity index (χ2v) is 10.3. The maximum Gasteiger partial charge on any atom is 0.260 e. The molecule has 3 N–H and O–H groups in total. The molecule has 2 atom stereocenters. The number of anilines is 3. The second kappa shape index (κ2) is 13.0. The summed E-state index contributed by atoms with van der Waals surface area (Å²) < 4.78 is 5.04. The highest BCUT2D eigenvalue weighted by Crippen LogP contribution is 2.25. The van der Waals surface area contributed by atoms with Crippen molar-refractivity contribution in [2.45, 2.75) is 40.0 Å². The van der Waals surface area contributed by atoms with Crippen molar-refractivity contribution in [2.24, 2.45) is 11.8 Å². The van der Waals surface area contributed by atoms with Crippen LogP contribution in [0.2, 0.25) is 0 Å². The monoisotopic (exact) mass is 526 g/mol. The van der Waals surface area contributed by atoms with E-state index in [4.69, 9.17) is 15.5 Å². The first kappa shape index (κ1) is 27.8. The van der Waals surface area contributed by atoms with Gasteiger partial charge >= 0.3 is 0 Å². The van der Waals surface area contributed by atoms with Crippen molar-refractivity contribution >= 4 is 34.0 Å². The number of carbonyl (C=O) groups is 1. The lowest BCUT2D eigenvalue weighted by molar-refractivity contribution is 0.102. The number of ether oxygens (including phenoxy) is 1. The lowest BCUT2D eigenvalue weighted by atomic mass is 9.94. The summed E-state index contributed by atoms with van der Waals surface area (Å²) in [5.74, 6) is 3.73. The summed E-state index contributed by atoms with van der Waals surface area (Å²) >= 11 is 0. The van der Waals surface area contributed by atoms with Crippen molar-refractivity contribution in [2.75, 3.05) is 36.1 Å². The number of methoxy groups -OCH3 is 1. The summed E-state index contributed by atoms with van der Waals surface area (Å²) in [7, 11) is 1.58. The Bertz CT molecular complexity index is 1380. The summed E-state index contributed by atoms with van der Waals surface area (Å²) in [6.07, 6.45) is 7.49. The van der Waals surface area contributed by atoms with E-state index < -0.39 is 0 Å². The molecular formula is C31H38N6O2. The smallest absolute Gasteiger partial charge is 0.260 e. The largest absolute Gasteiger partial charge is 0.497 e. The molecular weight excluding hydrogens is 488 g/mol. The molecule has 8 nitrogen and oxygen atoms in total. The van der Waals surface area contributed by atoms with Gasteiger partial charge in [-0.05, 0) is 67.3 Å². The topological polar surface area (TPSA) is 106 Å². The summed E-state index contributed by atoms with van der Waals surface area (Å²) in [5, 5.41) is 5.23. The van der Waals surface area contributed by atoms with Gasteiger partial charge in [0.05, 0.1) is 7.11 Å². The van der Waals surface area contributed by atoms with Gasteiger partial charge in [-0.3, -0.25) is 4.79 Å². The molecule has 0 bridgehead atoms. The average Bonchev–Trinajstić information content (AvgIpc) is 2.92. The van der Waals surface area contributed by atoms with E-state index in [1.165, 1.54) is 36.2 Å². The van der Waals surface area contributed by atoms with E-state index in [0.717, 1.165) is 36.5 Å². The molecule has 8 heteroatoms. The van der Waals surface area contributed by atoms with Gasteiger partial charge < -0.3 is 20.7 Å². The number of aromatic nitrogens is 3. The van der Waals surface area contributed by atoms with Crippen LogP contribution in [0.5, 0.6) is 5.75 Å². The summed E-state index contributed by atoms with van der Waals surface area (Å²) in [6.45, 7) is 8.71. The molecule has 1 fully saturated rings. The third kappa shape index (κ3) is 7.66. The Morgan fingerprint density at radius 2 is 1.64 bits per heavy atom. The van der Waals surface area contributed by atoms with E-state index >= 15 is 0 Å². The number of pyridine rings is 1. The number of rotatable bonds is 4. The third-order valence-electron chi connectivity index (χ3n) is 6.93. The fourth-order valence-corrected chi connectivity index (χ4v) is 4.79. The van der Waals surface area contributed by atoms with Gasteiger partial charge in [-0.1, -0.05) is 44.5 Å². The second-order valence-electron chi connectivity index (χ2n) is 10.3. The van der Waals surface area contributed by atoms with Crippen LogP contribution in [0.15, 0.2) is 67.0 Å². The molecule has 0 radical (unpaired) electrons. The number of aryl methyl sites for hydroxylation is 1. The molecule has 3 heterocycles. The molecule has 1 saturated heterocycles. The fourth-order valence-electron chi connectivity index (χ4n) is 4.79. The number of fused-ring (bicyclic) bond motifs is 1. The molecule has 1 aliphatic heterocycles. The van der Waals surface area contributed by atoms with Gasteiger partial charge in [0.25, 0.3) is 5.91 Å². The van der Waals surface area contributed by atoms with Gasteiger partial charge in [-0.25, -0.2) is 15.0 Å². The number of nitrogens with zero attached hydrogens (tertiary/aromatic N) is 4. The maximum absolute atomic E-state index is 12.0. The van der Waals surface area contributed by atoms with Crippen LogP contribution in [0.25, 0.3) is 10.8 Å². The highest BCUT2D eigenvalue weighted by atomic mass is 16.5. The Morgan fingerprint density at radius 3 is 2.28 bits per heavy atom. The van der Waals surface area contributed by atoms with E-state index in [1.54, 1.807) is 38.3 Å². The number of amides is 1. The quantitative estimate of drug-likeness (QED) is 0.330. The van der Waals surface area contributed by atoms with E-state index in [2.05, 4.69) is 64.4 Å². The van der Waals surface area contributed by atoms with Gasteiger partial charge in [0.1, 0.15) is 28.8 Å². The molecule has 0 saturated carbocycles. The SMILES string of the molecule is CC1CCCC(C)CN(c2cc3ccccc3cn2)C1.COc1ccc(NC(=O)c2cnc(C)nc2N)cc1. The van der Waals surface area contributed by atoms with Gasteiger partial charge in [0.2, 0.25) is 0 Å². The third-order valence-corrected chi connectivity index (χ3v) is 6.93. The molecule has 0 spiro atoms. The van der Waals surface area contributed by atoms with Crippen LogP contribution in [0.4, 0.5) is 17.3 Å². The minimum Gasteiger partial charge on any atom is -0.497 e. The van der Waals surface area contributed by atoms with E-state index in [-0.39, 0.29) is 17.3 Å². The minimum absolute atomic E-state index is 0.165. The standard InChI is InChI=1S/C18H24N2.C13H14N4O2/c1-14-6-5-7-15(2)13-20(12-14)18-10-16-8-3-4-9-17(16)11-19-18;1-8-15-7-11(12(14)16-8)13(18)17-9-3-5-10(19-2)6-4-9/h3-4,8-11,14-15H,5-7,12-13H2,1-2H3;3-7H,1-2H3,(H,17,18)(H2,14,15,16). The van der Waals surface area contributed by atoms with E-state index in [1.807, 2.05) is 6.20 Å². The van der Waals surface area contributed by atoms with Crippen LogP contribution in [0.1, 0.15) is 49.3 Å². The number of nitrogens with one attached hydrogen (secondary N) is 1. The predicted molar refractivity (Wildman–Crippen MR) is 158 cm³/mol. The van der Waals surface area contributed by atoms with Crippen LogP contribution in [-0.2, 0) is 0 Å². The molecule has 1 amide bonds. The minimum atomic E-state index is -0.345. The Balaban J connectivity index is 0.000000181. The molecule has 5 rings (SSSR count). The van der Waals surface area contributed by atoms with Crippen molar-refractivity contribution in [3.8, 4) is 5.75 Å². The zero-order valence-corrected chi connectivity index (χ0v) is 23.2. The number of benzene rings is 2. The molecule has 39 heavy (non-hydrogen) atoms. The highest BCUT2D eigenvalue weighted by molar-refractivity contribution is 6.06. The van der Waals surface area contributed by atoms with E-state index in [9.17, 15) is 4.79 Å². The number of hydrogen-bond acceptors (Lipinski definition) is 7. The van der Waals surface area contributed by atoms with Crippen molar-refractivity contribution in [3.05, 3.63) is 78.4 Å². The first-order valence-electron chi connectivity index (χ1n) is 13.5. The molecule has 2 unspecified atom stereocenters. The van der Waals surface area contributed by atoms with Gasteiger partial charge in [0.15, 0.2) is 0 Å². The first-order valence-corrected chi connectivity index (χ1v) is 13.5.